The number of aromatic nitrogens is 2. The van der Waals surface area contributed by atoms with Crippen LogP contribution in [-0.4, -0.2) is 39.5 Å². The van der Waals surface area contributed by atoms with Crippen LogP contribution in [0.4, 0.5) is 0 Å². The van der Waals surface area contributed by atoms with Gasteiger partial charge in [0.1, 0.15) is 0 Å². The maximum atomic E-state index is 12.6. The molecule has 1 fully saturated rings. The molecule has 0 aliphatic carbocycles. The zero-order valence-corrected chi connectivity index (χ0v) is 14.2. The Bertz CT molecular complexity index is 814. The van der Waals surface area contributed by atoms with Gasteiger partial charge < -0.3 is 10.6 Å². The summed E-state index contributed by atoms with van der Waals surface area (Å²) in [6.07, 6.45) is 2.81. The van der Waals surface area contributed by atoms with Gasteiger partial charge in [-0.1, -0.05) is 12.1 Å². The van der Waals surface area contributed by atoms with Crippen molar-refractivity contribution in [3.63, 3.8) is 0 Å². The third-order valence-corrected chi connectivity index (χ3v) is 4.94. The predicted molar refractivity (Wildman–Crippen MR) is 93.7 cm³/mol. The summed E-state index contributed by atoms with van der Waals surface area (Å²) in [6, 6.07) is 5.80. The lowest BCUT2D eigenvalue weighted by atomic mass is 10.1. The van der Waals surface area contributed by atoms with E-state index in [1.54, 1.807) is 12.4 Å². The molecule has 2 N–H and O–H groups in total. The molecule has 3 rings (SSSR count). The largest absolute Gasteiger partial charge is 0.340 e. The van der Waals surface area contributed by atoms with Crippen LogP contribution in [0.25, 0.3) is 10.9 Å². The van der Waals surface area contributed by atoms with Crippen LogP contribution in [0, 0.1) is 12.8 Å². The number of nitrogens with two attached hydrogens (primary N) is 1. The van der Waals surface area contributed by atoms with Gasteiger partial charge in [0.25, 0.3) is 5.56 Å². The lowest BCUT2D eigenvalue weighted by Gasteiger charge is -2.21. The second kappa shape index (κ2) is 6.73. The van der Waals surface area contributed by atoms with Crippen LogP contribution < -0.4 is 11.3 Å². The molecule has 2 atom stereocenters. The highest BCUT2D eigenvalue weighted by atomic mass is 16.2. The van der Waals surface area contributed by atoms with E-state index in [1.807, 2.05) is 24.0 Å². The van der Waals surface area contributed by atoms with Crippen LogP contribution in [0.2, 0.25) is 0 Å². The van der Waals surface area contributed by atoms with Crippen molar-refractivity contribution in [2.45, 2.75) is 39.3 Å². The summed E-state index contributed by atoms with van der Waals surface area (Å²) in [5.41, 5.74) is 7.33. The minimum absolute atomic E-state index is 0.0784. The zero-order chi connectivity index (χ0) is 17.3. The number of nitrogens with zero attached hydrogens (tertiary/aromatic N) is 3. The van der Waals surface area contributed by atoms with Crippen LogP contribution in [0.3, 0.4) is 0 Å². The molecular formula is C18H24N4O2. The molecule has 0 spiro atoms. The molecule has 6 nitrogen and oxygen atoms in total. The maximum absolute atomic E-state index is 12.6. The van der Waals surface area contributed by atoms with Gasteiger partial charge in [-0.3, -0.25) is 14.2 Å². The molecule has 2 heterocycles. The molecule has 24 heavy (non-hydrogen) atoms. The summed E-state index contributed by atoms with van der Waals surface area (Å²) >= 11 is 0. The highest BCUT2D eigenvalue weighted by Crippen LogP contribution is 2.22. The molecule has 2 aromatic rings. The van der Waals surface area contributed by atoms with Gasteiger partial charge in [-0.2, -0.15) is 0 Å². The Hall–Kier alpha value is -2.21. The number of likely N-dealkylation sites (tertiary alicyclic amines) is 1. The fraction of sp³-hybridized carbons (Fsp3) is 0.500. The third-order valence-electron chi connectivity index (χ3n) is 4.94. The van der Waals surface area contributed by atoms with Crippen molar-refractivity contribution in [3.05, 3.63) is 40.4 Å². The van der Waals surface area contributed by atoms with E-state index in [-0.39, 0.29) is 17.5 Å². The average Bonchev–Trinajstić information content (AvgIpc) is 2.96. The summed E-state index contributed by atoms with van der Waals surface area (Å²) in [4.78, 5) is 31.3. The number of carbonyl (C=O) groups excluding carboxylic acids is 1. The number of aryl methyl sites for hydroxylation is 2. The highest BCUT2D eigenvalue weighted by molar-refractivity contribution is 5.80. The van der Waals surface area contributed by atoms with Gasteiger partial charge in [-0.25, -0.2) is 4.98 Å². The van der Waals surface area contributed by atoms with Gasteiger partial charge in [0.15, 0.2) is 0 Å². The fourth-order valence-electron chi connectivity index (χ4n) is 3.52. The Labute approximate surface area is 141 Å². The first-order valence-electron chi connectivity index (χ1n) is 8.45. The Morgan fingerprint density at radius 3 is 2.92 bits per heavy atom. The normalized spacial score (nSPS) is 20.7. The quantitative estimate of drug-likeness (QED) is 0.917. The molecule has 1 aliphatic rings. The monoisotopic (exact) mass is 328 g/mol. The molecule has 0 radical (unpaired) electrons. The van der Waals surface area contributed by atoms with Crippen molar-refractivity contribution in [3.8, 4) is 0 Å². The summed E-state index contributed by atoms with van der Waals surface area (Å²) < 4.78 is 1.53. The predicted octanol–water partition coefficient (Wildman–Crippen LogP) is 1.29. The summed E-state index contributed by atoms with van der Waals surface area (Å²) in [5, 5.41) is 0.600. The van der Waals surface area contributed by atoms with Gasteiger partial charge in [0.2, 0.25) is 5.91 Å². The second-order valence-electron chi connectivity index (χ2n) is 6.70. The minimum Gasteiger partial charge on any atom is -0.340 e. The number of carbonyl (C=O) groups is 1. The van der Waals surface area contributed by atoms with Crippen LogP contribution in [0.1, 0.15) is 25.3 Å². The van der Waals surface area contributed by atoms with Gasteiger partial charge in [-0.15, -0.1) is 0 Å². The SMILES string of the molecule is Cc1cccc2c(=O)n(CCC(=O)N3CC(CN)CC3C)cnc12. The molecule has 2 unspecified atom stereocenters. The first-order valence-corrected chi connectivity index (χ1v) is 8.45. The Morgan fingerprint density at radius 2 is 2.21 bits per heavy atom. The summed E-state index contributed by atoms with van der Waals surface area (Å²) in [5.74, 6) is 0.465. The number of hydrogen-bond acceptors (Lipinski definition) is 4. The second-order valence-corrected chi connectivity index (χ2v) is 6.70. The molecule has 0 bridgehead atoms. The van der Waals surface area contributed by atoms with E-state index < -0.39 is 0 Å². The fourth-order valence-corrected chi connectivity index (χ4v) is 3.52. The smallest absolute Gasteiger partial charge is 0.261 e. The lowest BCUT2D eigenvalue weighted by molar-refractivity contribution is -0.132. The van der Waals surface area contributed by atoms with E-state index in [1.165, 1.54) is 4.57 Å². The summed E-state index contributed by atoms with van der Waals surface area (Å²) in [6.45, 7) is 5.68. The van der Waals surface area contributed by atoms with E-state index in [4.69, 9.17) is 5.73 Å². The van der Waals surface area contributed by atoms with Crippen LogP contribution >= 0.6 is 0 Å². The van der Waals surface area contributed by atoms with Crippen molar-refractivity contribution >= 4 is 16.8 Å². The Kier molecular flexibility index (Phi) is 4.66. The Balaban J connectivity index is 1.73. The van der Waals surface area contributed by atoms with Crippen molar-refractivity contribution < 1.29 is 4.79 Å². The Morgan fingerprint density at radius 1 is 1.42 bits per heavy atom. The standard InChI is InChI=1S/C18H24N4O2/c1-12-4-3-5-15-17(12)20-11-21(18(15)24)7-6-16(23)22-10-14(9-19)8-13(22)2/h3-5,11,13-14H,6-10,19H2,1-2H3. The molecule has 128 valence electrons. The minimum atomic E-state index is -0.0918. The molecule has 1 saturated heterocycles. The van der Waals surface area contributed by atoms with Gasteiger partial charge in [0.05, 0.1) is 17.2 Å². The van der Waals surface area contributed by atoms with Crippen molar-refractivity contribution in [1.29, 1.82) is 0 Å². The average molecular weight is 328 g/mol. The number of para-hydroxylation sites is 1. The van der Waals surface area contributed by atoms with Crippen LogP contribution in [-0.2, 0) is 11.3 Å². The highest BCUT2D eigenvalue weighted by Gasteiger charge is 2.31. The topological polar surface area (TPSA) is 81.2 Å². The van der Waals surface area contributed by atoms with Crippen LogP contribution in [0.15, 0.2) is 29.3 Å². The van der Waals surface area contributed by atoms with Crippen LogP contribution in [0.5, 0.6) is 0 Å². The lowest BCUT2D eigenvalue weighted by Crippen LogP contribution is -2.35. The van der Waals surface area contributed by atoms with Crippen molar-refractivity contribution in [2.24, 2.45) is 11.7 Å². The molecular weight excluding hydrogens is 304 g/mol. The van der Waals surface area contributed by atoms with E-state index in [0.29, 0.717) is 30.8 Å². The molecule has 1 aromatic carbocycles. The molecule has 1 aliphatic heterocycles. The molecule has 1 amide bonds. The maximum Gasteiger partial charge on any atom is 0.261 e. The van der Waals surface area contributed by atoms with Gasteiger partial charge in [0, 0.05) is 25.6 Å². The molecule has 1 aromatic heterocycles. The molecule has 0 saturated carbocycles. The zero-order valence-electron chi connectivity index (χ0n) is 14.2. The van der Waals surface area contributed by atoms with E-state index in [0.717, 1.165) is 24.0 Å². The third kappa shape index (κ3) is 3.06. The van der Waals surface area contributed by atoms with Crippen molar-refractivity contribution in [1.82, 2.24) is 14.5 Å². The van der Waals surface area contributed by atoms with Crippen molar-refractivity contribution in [2.75, 3.05) is 13.1 Å². The van der Waals surface area contributed by atoms with Gasteiger partial charge in [-0.05, 0) is 44.4 Å². The number of fused-ring (bicyclic) bond motifs is 1. The number of hydrogen-bond donors (Lipinski definition) is 1. The number of amides is 1. The van der Waals surface area contributed by atoms with E-state index in [9.17, 15) is 9.59 Å². The number of benzene rings is 1. The summed E-state index contributed by atoms with van der Waals surface area (Å²) in [7, 11) is 0. The van der Waals surface area contributed by atoms with E-state index in [2.05, 4.69) is 11.9 Å². The molecule has 6 heteroatoms. The van der Waals surface area contributed by atoms with Gasteiger partial charge >= 0.3 is 0 Å². The van der Waals surface area contributed by atoms with E-state index >= 15 is 0 Å². The first kappa shape index (κ1) is 16.6. The number of rotatable bonds is 4. The first-order chi connectivity index (χ1) is 11.5.